The van der Waals surface area contributed by atoms with E-state index in [9.17, 15) is 4.79 Å². The van der Waals surface area contributed by atoms with Crippen LogP contribution in [0.2, 0.25) is 0 Å². The summed E-state index contributed by atoms with van der Waals surface area (Å²) in [6.07, 6.45) is 4.40. The van der Waals surface area contributed by atoms with Crippen LogP contribution in [0.3, 0.4) is 0 Å². The Morgan fingerprint density at radius 3 is 3.06 bits per heavy atom. The molecule has 2 aromatic rings. The summed E-state index contributed by atoms with van der Waals surface area (Å²) >= 11 is 0. The highest BCUT2D eigenvalue weighted by atomic mass is 16.5. The van der Waals surface area contributed by atoms with E-state index >= 15 is 0 Å². The Kier molecular flexibility index (Phi) is 2.86. The Bertz CT molecular complexity index is 480. The van der Waals surface area contributed by atoms with Gasteiger partial charge in [-0.05, 0) is 18.2 Å². The first-order valence-electron chi connectivity index (χ1n) is 4.64. The number of nitrogens with one attached hydrogen (secondary N) is 1. The van der Waals surface area contributed by atoms with Crippen molar-refractivity contribution in [3.8, 4) is 5.88 Å². The number of nitrogens with zero attached hydrogens (tertiary/aromatic N) is 1. The Balaban J connectivity index is 2.18. The second-order valence-electron chi connectivity index (χ2n) is 3.03. The molecule has 2 rings (SSSR count). The third-order valence-corrected chi connectivity index (χ3v) is 2.00. The van der Waals surface area contributed by atoms with Gasteiger partial charge in [-0.3, -0.25) is 4.79 Å². The van der Waals surface area contributed by atoms with Gasteiger partial charge in [-0.2, -0.15) is 0 Å². The summed E-state index contributed by atoms with van der Waals surface area (Å²) in [5.74, 6) is 0.111. The summed E-state index contributed by atoms with van der Waals surface area (Å²) < 4.78 is 9.84. The summed E-state index contributed by atoms with van der Waals surface area (Å²) in [5.41, 5.74) is 0.974. The molecule has 0 aromatic carbocycles. The number of hydrogen-bond acceptors (Lipinski definition) is 4. The van der Waals surface area contributed by atoms with E-state index in [0.29, 0.717) is 17.1 Å². The molecule has 0 saturated carbocycles. The van der Waals surface area contributed by atoms with Crippen LogP contribution in [0.4, 0.5) is 5.69 Å². The van der Waals surface area contributed by atoms with E-state index < -0.39 is 0 Å². The number of furan rings is 1. The molecule has 0 aliphatic heterocycles. The number of aromatic nitrogens is 1. The van der Waals surface area contributed by atoms with Crippen LogP contribution in [0.25, 0.3) is 0 Å². The lowest BCUT2D eigenvalue weighted by Crippen LogP contribution is -2.12. The molecule has 0 atom stereocenters. The number of carbonyl (C=O) groups is 1. The molecule has 2 aromatic heterocycles. The third-order valence-electron chi connectivity index (χ3n) is 2.00. The SMILES string of the molecule is COc1ncccc1NC(=O)c1ccoc1. The van der Waals surface area contributed by atoms with Crippen LogP contribution in [0, 0.1) is 0 Å². The summed E-state index contributed by atoms with van der Waals surface area (Å²) in [6, 6.07) is 5.01. The van der Waals surface area contributed by atoms with Gasteiger partial charge in [-0.1, -0.05) is 0 Å². The van der Waals surface area contributed by atoms with Gasteiger partial charge in [0.2, 0.25) is 5.88 Å². The molecule has 5 heteroatoms. The molecule has 0 aliphatic rings. The zero-order chi connectivity index (χ0) is 11.4. The van der Waals surface area contributed by atoms with Gasteiger partial charge >= 0.3 is 0 Å². The first-order chi connectivity index (χ1) is 7.81. The minimum Gasteiger partial charge on any atom is -0.480 e. The summed E-state index contributed by atoms with van der Waals surface area (Å²) in [4.78, 5) is 15.7. The molecule has 82 valence electrons. The molecular weight excluding hydrogens is 208 g/mol. The van der Waals surface area contributed by atoms with E-state index in [-0.39, 0.29) is 5.91 Å². The number of rotatable bonds is 3. The minimum atomic E-state index is -0.264. The molecule has 2 heterocycles. The van der Waals surface area contributed by atoms with Gasteiger partial charge in [-0.25, -0.2) is 4.98 Å². The Hall–Kier alpha value is -2.30. The zero-order valence-electron chi connectivity index (χ0n) is 8.64. The molecule has 0 aliphatic carbocycles. The Labute approximate surface area is 92.1 Å². The zero-order valence-corrected chi connectivity index (χ0v) is 8.64. The number of ether oxygens (including phenoxy) is 1. The monoisotopic (exact) mass is 218 g/mol. The maximum absolute atomic E-state index is 11.7. The van der Waals surface area contributed by atoms with Crippen LogP contribution in [0.5, 0.6) is 5.88 Å². The number of amides is 1. The fraction of sp³-hybridized carbons (Fsp3) is 0.0909. The standard InChI is InChI=1S/C11H10N2O3/c1-15-11-9(3-2-5-12-11)13-10(14)8-4-6-16-7-8/h2-7H,1H3,(H,13,14). The molecule has 0 unspecified atom stereocenters. The van der Waals surface area contributed by atoms with Crippen LogP contribution < -0.4 is 10.1 Å². The molecule has 0 spiro atoms. The van der Waals surface area contributed by atoms with Gasteiger partial charge in [0, 0.05) is 6.20 Å². The molecule has 0 radical (unpaired) electrons. The van der Waals surface area contributed by atoms with Crippen molar-refractivity contribution in [2.45, 2.75) is 0 Å². The largest absolute Gasteiger partial charge is 0.480 e. The molecule has 1 amide bonds. The van der Waals surface area contributed by atoms with E-state index in [4.69, 9.17) is 9.15 Å². The van der Waals surface area contributed by atoms with Gasteiger partial charge < -0.3 is 14.5 Å². The highest BCUT2D eigenvalue weighted by Crippen LogP contribution is 2.20. The highest BCUT2D eigenvalue weighted by Gasteiger charge is 2.10. The lowest BCUT2D eigenvalue weighted by molar-refractivity contribution is 0.102. The Morgan fingerprint density at radius 1 is 1.50 bits per heavy atom. The normalized spacial score (nSPS) is 9.81. The molecule has 0 saturated heterocycles. The third kappa shape index (κ3) is 2.03. The van der Waals surface area contributed by atoms with E-state index in [0.717, 1.165) is 0 Å². The van der Waals surface area contributed by atoms with E-state index in [1.54, 1.807) is 24.4 Å². The maximum atomic E-state index is 11.7. The second kappa shape index (κ2) is 4.48. The van der Waals surface area contributed by atoms with Crippen LogP contribution in [0.15, 0.2) is 41.3 Å². The fourth-order valence-electron chi connectivity index (χ4n) is 1.24. The van der Waals surface area contributed by atoms with Crippen molar-refractivity contribution in [1.82, 2.24) is 4.98 Å². The quantitative estimate of drug-likeness (QED) is 0.854. The lowest BCUT2D eigenvalue weighted by Gasteiger charge is -2.07. The summed E-state index contributed by atoms with van der Waals surface area (Å²) in [5, 5.41) is 2.68. The van der Waals surface area contributed by atoms with Crippen molar-refractivity contribution in [3.63, 3.8) is 0 Å². The highest BCUT2D eigenvalue weighted by molar-refractivity contribution is 6.04. The molecule has 1 N–H and O–H groups in total. The van der Waals surface area contributed by atoms with E-state index in [2.05, 4.69) is 10.3 Å². The average molecular weight is 218 g/mol. The maximum Gasteiger partial charge on any atom is 0.259 e. The first kappa shape index (κ1) is 10.2. The van der Waals surface area contributed by atoms with Crippen LogP contribution in [-0.2, 0) is 0 Å². The lowest BCUT2D eigenvalue weighted by atomic mass is 10.3. The predicted molar refractivity (Wildman–Crippen MR) is 57.5 cm³/mol. The molecule has 0 bridgehead atoms. The second-order valence-corrected chi connectivity index (χ2v) is 3.03. The number of methoxy groups -OCH3 is 1. The van der Waals surface area contributed by atoms with Crippen LogP contribution >= 0.6 is 0 Å². The predicted octanol–water partition coefficient (Wildman–Crippen LogP) is 1.94. The fourth-order valence-corrected chi connectivity index (χ4v) is 1.24. The summed E-state index contributed by atoms with van der Waals surface area (Å²) in [7, 11) is 1.50. The van der Waals surface area contributed by atoms with Gasteiger partial charge in [0.15, 0.2) is 0 Å². The molecule has 16 heavy (non-hydrogen) atoms. The van der Waals surface area contributed by atoms with Crippen molar-refractivity contribution >= 4 is 11.6 Å². The van der Waals surface area contributed by atoms with Crippen LogP contribution in [-0.4, -0.2) is 18.0 Å². The van der Waals surface area contributed by atoms with Crippen molar-refractivity contribution in [3.05, 3.63) is 42.5 Å². The number of hydrogen-bond donors (Lipinski definition) is 1. The van der Waals surface area contributed by atoms with Crippen molar-refractivity contribution in [2.24, 2.45) is 0 Å². The van der Waals surface area contributed by atoms with Crippen molar-refractivity contribution in [1.29, 1.82) is 0 Å². The van der Waals surface area contributed by atoms with Gasteiger partial charge in [0.05, 0.1) is 18.9 Å². The average Bonchev–Trinajstić information content (AvgIpc) is 2.83. The van der Waals surface area contributed by atoms with Gasteiger partial charge in [0.1, 0.15) is 12.0 Å². The molecular formula is C11H10N2O3. The van der Waals surface area contributed by atoms with Crippen LogP contribution in [0.1, 0.15) is 10.4 Å². The molecule has 0 fully saturated rings. The minimum absolute atomic E-state index is 0.264. The summed E-state index contributed by atoms with van der Waals surface area (Å²) in [6.45, 7) is 0. The topological polar surface area (TPSA) is 64.4 Å². The smallest absolute Gasteiger partial charge is 0.259 e. The number of carbonyl (C=O) groups excluding carboxylic acids is 1. The van der Waals surface area contributed by atoms with E-state index in [1.807, 2.05) is 0 Å². The first-order valence-corrected chi connectivity index (χ1v) is 4.64. The van der Waals surface area contributed by atoms with Crippen molar-refractivity contribution < 1.29 is 13.9 Å². The van der Waals surface area contributed by atoms with Crippen molar-refractivity contribution in [2.75, 3.05) is 12.4 Å². The number of anilines is 1. The van der Waals surface area contributed by atoms with Gasteiger partial charge in [0.25, 0.3) is 5.91 Å². The Morgan fingerprint density at radius 2 is 2.38 bits per heavy atom. The van der Waals surface area contributed by atoms with E-state index in [1.165, 1.54) is 19.6 Å². The number of pyridine rings is 1. The molecule has 5 nitrogen and oxygen atoms in total. The van der Waals surface area contributed by atoms with Gasteiger partial charge in [-0.15, -0.1) is 0 Å².